The third-order valence-corrected chi connectivity index (χ3v) is 3.52. The van der Waals surface area contributed by atoms with Gasteiger partial charge in [0.2, 0.25) is 0 Å². The predicted octanol–water partition coefficient (Wildman–Crippen LogP) is 2.78. The Morgan fingerprint density at radius 2 is 2.24 bits per heavy atom. The highest BCUT2D eigenvalue weighted by molar-refractivity contribution is 5.74. The van der Waals surface area contributed by atoms with Crippen LogP contribution in [-0.4, -0.2) is 11.5 Å². The van der Waals surface area contributed by atoms with E-state index in [1.165, 1.54) is 19.3 Å². The number of nitrogens with zero attached hydrogens (tertiary/aromatic N) is 1. The minimum Gasteiger partial charge on any atom is -0.393 e. The largest absolute Gasteiger partial charge is 0.393 e. The van der Waals surface area contributed by atoms with Crippen LogP contribution in [0.5, 0.6) is 0 Å². The summed E-state index contributed by atoms with van der Waals surface area (Å²) in [6.45, 7) is 2.96. The number of nitro benzene ring substituents is 1. The number of nitrogens with one attached hydrogen (secondary N) is 1. The smallest absolute Gasteiger partial charge is 0.314 e. The molecule has 17 heavy (non-hydrogen) atoms. The van der Waals surface area contributed by atoms with E-state index in [2.05, 4.69) is 12.2 Å². The molecule has 0 atom stereocenters. The molecule has 0 aliphatic heterocycles. The van der Waals surface area contributed by atoms with Crippen molar-refractivity contribution in [3.05, 3.63) is 28.3 Å². The van der Waals surface area contributed by atoms with E-state index in [9.17, 15) is 10.1 Å². The molecule has 0 saturated heterocycles. The molecule has 0 radical (unpaired) electrons. The third-order valence-electron chi connectivity index (χ3n) is 3.52. The highest BCUT2D eigenvalue weighted by atomic mass is 16.6. The van der Waals surface area contributed by atoms with Gasteiger partial charge in [0, 0.05) is 6.54 Å². The number of para-hydroxylation sites is 1. The summed E-state index contributed by atoms with van der Waals surface area (Å²) in [5.74, 6) is 0. The number of hydrogen-bond acceptors (Lipinski definition) is 4. The summed E-state index contributed by atoms with van der Waals surface area (Å²) in [6, 6.07) is 4.98. The first-order valence-corrected chi connectivity index (χ1v) is 5.79. The summed E-state index contributed by atoms with van der Waals surface area (Å²) in [5.41, 5.74) is 6.61. The molecule has 1 aliphatic carbocycles. The van der Waals surface area contributed by atoms with E-state index in [0.29, 0.717) is 5.69 Å². The van der Waals surface area contributed by atoms with Gasteiger partial charge in [-0.1, -0.05) is 19.4 Å². The van der Waals surface area contributed by atoms with Crippen molar-refractivity contribution in [2.24, 2.45) is 5.41 Å². The molecule has 5 nitrogen and oxygen atoms in total. The van der Waals surface area contributed by atoms with Gasteiger partial charge in [-0.3, -0.25) is 10.1 Å². The quantitative estimate of drug-likeness (QED) is 0.477. The van der Waals surface area contributed by atoms with Gasteiger partial charge in [0.1, 0.15) is 11.4 Å². The Bertz CT molecular complexity index is 441. The molecule has 0 bridgehead atoms. The first-order valence-electron chi connectivity index (χ1n) is 5.79. The third kappa shape index (κ3) is 2.33. The van der Waals surface area contributed by atoms with E-state index in [-0.39, 0.29) is 16.8 Å². The number of rotatable bonds is 4. The second kappa shape index (κ2) is 4.24. The van der Waals surface area contributed by atoms with Crippen molar-refractivity contribution in [2.75, 3.05) is 17.6 Å². The van der Waals surface area contributed by atoms with Crippen molar-refractivity contribution in [1.29, 1.82) is 0 Å². The molecule has 5 heteroatoms. The Morgan fingerprint density at radius 3 is 2.76 bits per heavy atom. The van der Waals surface area contributed by atoms with Crippen LogP contribution in [0.15, 0.2) is 18.2 Å². The molecule has 1 saturated carbocycles. The molecule has 3 N–H and O–H groups in total. The molecule has 2 rings (SSSR count). The molecular weight excluding hydrogens is 218 g/mol. The number of hydrogen-bond donors (Lipinski definition) is 2. The van der Waals surface area contributed by atoms with Gasteiger partial charge in [0.05, 0.1) is 4.92 Å². The van der Waals surface area contributed by atoms with Gasteiger partial charge in [-0.05, 0) is 30.4 Å². The van der Waals surface area contributed by atoms with Crippen LogP contribution in [0.3, 0.4) is 0 Å². The highest BCUT2D eigenvalue weighted by Gasteiger charge is 2.32. The van der Waals surface area contributed by atoms with Crippen molar-refractivity contribution < 1.29 is 4.92 Å². The highest BCUT2D eigenvalue weighted by Crippen LogP contribution is 2.41. The zero-order chi connectivity index (χ0) is 12.5. The van der Waals surface area contributed by atoms with Gasteiger partial charge < -0.3 is 11.1 Å². The van der Waals surface area contributed by atoms with Crippen molar-refractivity contribution in [3.8, 4) is 0 Å². The van der Waals surface area contributed by atoms with Gasteiger partial charge in [0.25, 0.3) is 0 Å². The molecule has 92 valence electrons. The number of nitro groups is 1. The van der Waals surface area contributed by atoms with Crippen LogP contribution in [0.2, 0.25) is 0 Å². The van der Waals surface area contributed by atoms with Crippen LogP contribution in [0.25, 0.3) is 0 Å². The number of nitrogen functional groups attached to an aromatic ring is 1. The van der Waals surface area contributed by atoms with Gasteiger partial charge in [0.15, 0.2) is 0 Å². The lowest BCUT2D eigenvalue weighted by molar-refractivity contribution is -0.383. The van der Waals surface area contributed by atoms with Gasteiger partial charge in [-0.25, -0.2) is 0 Å². The van der Waals surface area contributed by atoms with Crippen LogP contribution in [0, 0.1) is 15.5 Å². The summed E-state index contributed by atoms with van der Waals surface area (Å²) >= 11 is 0. The molecule has 0 aromatic heterocycles. The summed E-state index contributed by atoms with van der Waals surface area (Å²) in [7, 11) is 0. The second-order valence-corrected chi connectivity index (χ2v) is 5.02. The Kier molecular flexibility index (Phi) is 2.92. The Balaban J connectivity index is 2.15. The topological polar surface area (TPSA) is 81.2 Å². The normalized spacial score (nSPS) is 17.2. The predicted molar refractivity (Wildman–Crippen MR) is 68.0 cm³/mol. The van der Waals surface area contributed by atoms with Crippen molar-refractivity contribution in [3.63, 3.8) is 0 Å². The van der Waals surface area contributed by atoms with Crippen LogP contribution in [-0.2, 0) is 0 Å². The lowest BCUT2D eigenvalue weighted by atomic mass is 9.70. The van der Waals surface area contributed by atoms with Crippen LogP contribution in [0.1, 0.15) is 26.2 Å². The number of nitrogens with two attached hydrogens (primary N) is 1. The van der Waals surface area contributed by atoms with Crippen LogP contribution in [0.4, 0.5) is 17.1 Å². The maximum Gasteiger partial charge on any atom is 0.314 e. The molecule has 0 amide bonds. The van der Waals surface area contributed by atoms with E-state index in [1.807, 2.05) is 0 Å². The Hall–Kier alpha value is -1.78. The lowest BCUT2D eigenvalue weighted by Gasteiger charge is -2.38. The standard InChI is InChI=1S/C12H17N3O2/c1-12(6-3-7-12)8-14-10-5-2-4-9(13)11(10)15(16)17/h2,4-5,14H,3,6-8,13H2,1H3. The number of anilines is 2. The first kappa shape index (κ1) is 11.7. The maximum atomic E-state index is 10.9. The summed E-state index contributed by atoms with van der Waals surface area (Å²) in [6.07, 6.45) is 3.60. The zero-order valence-corrected chi connectivity index (χ0v) is 9.90. The van der Waals surface area contributed by atoms with Crippen LogP contribution >= 0.6 is 0 Å². The lowest BCUT2D eigenvalue weighted by Crippen LogP contribution is -2.33. The summed E-state index contributed by atoms with van der Waals surface area (Å²) in [5, 5.41) is 14.1. The zero-order valence-electron chi connectivity index (χ0n) is 9.90. The monoisotopic (exact) mass is 235 g/mol. The minimum absolute atomic E-state index is 0.0181. The molecule has 1 aromatic rings. The van der Waals surface area contributed by atoms with Crippen LogP contribution < -0.4 is 11.1 Å². The fourth-order valence-electron chi connectivity index (χ4n) is 2.17. The van der Waals surface area contributed by atoms with Crippen molar-refractivity contribution in [2.45, 2.75) is 26.2 Å². The minimum atomic E-state index is -0.430. The van der Waals surface area contributed by atoms with Crippen molar-refractivity contribution >= 4 is 17.1 Å². The molecule has 0 heterocycles. The fraction of sp³-hybridized carbons (Fsp3) is 0.500. The average molecular weight is 235 g/mol. The molecule has 1 fully saturated rings. The SMILES string of the molecule is CC1(CNc2cccc(N)c2[N+](=O)[O-])CCC1. The number of benzene rings is 1. The van der Waals surface area contributed by atoms with E-state index in [1.54, 1.807) is 18.2 Å². The second-order valence-electron chi connectivity index (χ2n) is 5.02. The molecule has 1 aromatic carbocycles. The summed E-state index contributed by atoms with van der Waals surface area (Å²) < 4.78 is 0. The fourth-order valence-corrected chi connectivity index (χ4v) is 2.17. The van der Waals surface area contributed by atoms with Gasteiger partial charge in [-0.15, -0.1) is 0 Å². The molecular formula is C12H17N3O2. The van der Waals surface area contributed by atoms with E-state index < -0.39 is 4.92 Å². The van der Waals surface area contributed by atoms with E-state index in [4.69, 9.17) is 5.73 Å². The van der Waals surface area contributed by atoms with E-state index in [0.717, 1.165) is 6.54 Å². The van der Waals surface area contributed by atoms with Gasteiger partial charge >= 0.3 is 5.69 Å². The maximum absolute atomic E-state index is 10.9. The van der Waals surface area contributed by atoms with Gasteiger partial charge in [-0.2, -0.15) is 0 Å². The summed E-state index contributed by atoms with van der Waals surface area (Å²) in [4.78, 5) is 10.5. The Morgan fingerprint density at radius 1 is 1.53 bits per heavy atom. The molecule has 1 aliphatic rings. The average Bonchev–Trinajstić information content (AvgIpc) is 2.23. The molecule has 0 unspecified atom stereocenters. The van der Waals surface area contributed by atoms with Crippen molar-refractivity contribution in [1.82, 2.24) is 0 Å². The van der Waals surface area contributed by atoms with E-state index >= 15 is 0 Å². The first-order chi connectivity index (χ1) is 8.02. The molecule has 0 spiro atoms. The Labute approximate surface area is 100 Å².